The number of thioether (sulfide) groups is 1. The van der Waals surface area contributed by atoms with Gasteiger partial charge >= 0.3 is 5.97 Å². The van der Waals surface area contributed by atoms with E-state index in [1.54, 1.807) is 26.2 Å². The summed E-state index contributed by atoms with van der Waals surface area (Å²) < 4.78 is 4.69. The second-order valence-corrected chi connectivity index (χ2v) is 5.50. The van der Waals surface area contributed by atoms with E-state index in [9.17, 15) is 9.59 Å². The zero-order valence-electron chi connectivity index (χ0n) is 11.5. The number of ether oxygens (including phenoxy) is 1. The van der Waals surface area contributed by atoms with Gasteiger partial charge in [0.05, 0.1) is 12.7 Å². The molecule has 1 amide bonds. The van der Waals surface area contributed by atoms with E-state index in [0.29, 0.717) is 5.56 Å². The molecule has 0 bridgehead atoms. The van der Waals surface area contributed by atoms with Crippen LogP contribution in [0.1, 0.15) is 10.4 Å². The van der Waals surface area contributed by atoms with Gasteiger partial charge in [-0.2, -0.15) is 0 Å². The van der Waals surface area contributed by atoms with Crippen molar-refractivity contribution in [2.75, 3.05) is 21.2 Å². The minimum atomic E-state index is -0.354. The van der Waals surface area contributed by atoms with E-state index in [4.69, 9.17) is 4.74 Å². The molecule has 0 atom stereocenters. The summed E-state index contributed by atoms with van der Waals surface area (Å²) in [7, 11) is 4.80. The summed E-state index contributed by atoms with van der Waals surface area (Å²) in [6.07, 6.45) is 0. The number of carbonyl (C=O) groups is 2. The fourth-order valence-corrected chi connectivity index (χ4v) is 2.43. The number of carbonyl (C=O) groups excluding carboxylic acids is 2. The summed E-state index contributed by atoms with van der Waals surface area (Å²) in [5, 5.41) is 1.90. The molecule has 5 heteroatoms. The zero-order chi connectivity index (χ0) is 14.7. The Labute approximate surface area is 121 Å². The topological polar surface area (TPSA) is 46.6 Å². The molecular formula is C15H15NO3S. The summed E-state index contributed by atoms with van der Waals surface area (Å²) in [6, 6.07) is 11.1. The Morgan fingerprint density at radius 1 is 1.05 bits per heavy atom. The van der Waals surface area contributed by atoms with Gasteiger partial charge in [0, 0.05) is 19.0 Å². The van der Waals surface area contributed by atoms with E-state index in [0.717, 1.165) is 15.7 Å². The number of hydrogen-bond acceptors (Lipinski definition) is 4. The van der Waals surface area contributed by atoms with E-state index in [1.807, 2.05) is 24.3 Å². The highest BCUT2D eigenvalue weighted by atomic mass is 32.2. The first kappa shape index (κ1) is 14.4. The van der Waals surface area contributed by atoms with Gasteiger partial charge in [-0.3, -0.25) is 4.79 Å². The lowest BCUT2D eigenvalue weighted by atomic mass is 10.1. The van der Waals surface area contributed by atoms with Crippen LogP contribution in [-0.4, -0.2) is 37.3 Å². The molecule has 4 nitrogen and oxygen atoms in total. The van der Waals surface area contributed by atoms with Gasteiger partial charge in [0.1, 0.15) is 0 Å². The van der Waals surface area contributed by atoms with Crippen molar-refractivity contribution >= 4 is 33.7 Å². The fourth-order valence-electron chi connectivity index (χ4n) is 1.72. The Morgan fingerprint density at radius 2 is 1.70 bits per heavy atom. The van der Waals surface area contributed by atoms with E-state index in [2.05, 4.69) is 0 Å². The molecule has 0 aromatic heterocycles. The van der Waals surface area contributed by atoms with Crippen molar-refractivity contribution in [3.63, 3.8) is 0 Å². The average Bonchev–Trinajstić information content (AvgIpc) is 2.45. The second kappa shape index (κ2) is 5.96. The molecule has 2 rings (SSSR count). The van der Waals surface area contributed by atoms with Gasteiger partial charge < -0.3 is 9.64 Å². The number of fused-ring (bicyclic) bond motifs is 1. The molecule has 0 heterocycles. The first-order chi connectivity index (χ1) is 9.51. The molecule has 0 N–H and O–H groups in total. The lowest BCUT2D eigenvalue weighted by Gasteiger charge is -2.09. The Bertz CT molecular complexity index is 667. The van der Waals surface area contributed by atoms with Crippen LogP contribution < -0.4 is 0 Å². The van der Waals surface area contributed by atoms with E-state index in [1.165, 1.54) is 23.8 Å². The highest BCUT2D eigenvalue weighted by Gasteiger charge is 2.09. The van der Waals surface area contributed by atoms with Crippen molar-refractivity contribution in [2.45, 2.75) is 4.90 Å². The van der Waals surface area contributed by atoms with Gasteiger partial charge in [-0.1, -0.05) is 12.1 Å². The molecular weight excluding hydrogens is 274 g/mol. The SMILES string of the molecule is COC(=O)c1ccc2cc(SC(=O)N(C)C)ccc2c1. The van der Waals surface area contributed by atoms with Crippen LogP contribution in [0.3, 0.4) is 0 Å². The van der Waals surface area contributed by atoms with E-state index < -0.39 is 0 Å². The Balaban J connectivity index is 2.32. The summed E-state index contributed by atoms with van der Waals surface area (Å²) in [6.45, 7) is 0. The number of amides is 1. The maximum Gasteiger partial charge on any atom is 0.337 e. The quantitative estimate of drug-likeness (QED) is 0.628. The van der Waals surface area contributed by atoms with Gasteiger partial charge in [0.25, 0.3) is 5.24 Å². The number of hydrogen-bond donors (Lipinski definition) is 0. The van der Waals surface area contributed by atoms with Gasteiger partial charge in [-0.15, -0.1) is 0 Å². The lowest BCUT2D eigenvalue weighted by Crippen LogP contribution is -2.15. The molecule has 0 spiro atoms. The molecule has 104 valence electrons. The first-order valence-corrected chi connectivity index (χ1v) is 6.84. The van der Waals surface area contributed by atoms with Gasteiger partial charge in [0.2, 0.25) is 0 Å². The van der Waals surface area contributed by atoms with Gasteiger partial charge in [-0.05, 0) is 46.8 Å². The Hall–Kier alpha value is -2.01. The van der Waals surface area contributed by atoms with E-state index in [-0.39, 0.29) is 11.2 Å². The van der Waals surface area contributed by atoms with Crippen molar-refractivity contribution in [1.29, 1.82) is 0 Å². The third-order valence-corrected chi connectivity index (χ3v) is 3.83. The van der Waals surface area contributed by atoms with Gasteiger partial charge in [0.15, 0.2) is 0 Å². The number of methoxy groups -OCH3 is 1. The van der Waals surface area contributed by atoms with Gasteiger partial charge in [-0.25, -0.2) is 4.79 Å². The Kier molecular flexibility index (Phi) is 4.29. The highest BCUT2D eigenvalue weighted by molar-refractivity contribution is 8.13. The molecule has 0 saturated heterocycles. The third kappa shape index (κ3) is 3.11. The van der Waals surface area contributed by atoms with Crippen LogP contribution in [0, 0.1) is 0 Å². The Morgan fingerprint density at radius 3 is 2.35 bits per heavy atom. The van der Waals surface area contributed by atoms with Crippen molar-refractivity contribution in [2.24, 2.45) is 0 Å². The van der Waals surface area contributed by atoms with Crippen LogP contribution in [0.5, 0.6) is 0 Å². The number of rotatable bonds is 2. The molecule has 0 fully saturated rings. The maximum absolute atomic E-state index is 11.7. The first-order valence-electron chi connectivity index (χ1n) is 6.02. The number of esters is 1. The normalized spacial score (nSPS) is 10.3. The summed E-state index contributed by atoms with van der Waals surface area (Å²) in [4.78, 5) is 25.5. The molecule has 0 aliphatic carbocycles. The van der Waals surface area contributed by atoms with E-state index >= 15 is 0 Å². The minimum Gasteiger partial charge on any atom is -0.465 e. The lowest BCUT2D eigenvalue weighted by molar-refractivity contribution is 0.0601. The molecule has 0 aliphatic heterocycles. The minimum absolute atomic E-state index is 0.0180. The molecule has 2 aromatic carbocycles. The van der Waals surface area contributed by atoms with Crippen molar-refractivity contribution in [1.82, 2.24) is 4.90 Å². The average molecular weight is 289 g/mol. The van der Waals surface area contributed by atoms with Crippen LogP contribution >= 0.6 is 11.8 Å². The molecule has 0 radical (unpaired) electrons. The summed E-state index contributed by atoms with van der Waals surface area (Å²) >= 11 is 1.18. The standard InChI is InChI=1S/C15H15NO3S/c1-16(2)15(18)20-13-7-6-10-8-12(14(17)19-3)5-4-11(10)9-13/h4-9H,1-3H3. The van der Waals surface area contributed by atoms with Crippen molar-refractivity contribution in [3.05, 3.63) is 42.0 Å². The monoisotopic (exact) mass is 289 g/mol. The zero-order valence-corrected chi connectivity index (χ0v) is 12.4. The summed E-state index contributed by atoms with van der Waals surface area (Å²) in [5.41, 5.74) is 0.518. The molecule has 0 aliphatic rings. The summed E-state index contributed by atoms with van der Waals surface area (Å²) in [5.74, 6) is -0.354. The molecule has 0 unspecified atom stereocenters. The molecule has 2 aromatic rings. The number of nitrogens with zero attached hydrogens (tertiary/aromatic N) is 1. The second-order valence-electron chi connectivity index (χ2n) is 4.48. The van der Waals surface area contributed by atoms with Crippen LogP contribution in [0.2, 0.25) is 0 Å². The molecule has 0 saturated carbocycles. The smallest absolute Gasteiger partial charge is 0.337 e. The predicted molar refractivity (Wildman–Crippen MR) is 80.2 cm³/mol. The predicted octanol–water partition coefficient (Wildman–Crippen LogP) is 3.40. The maximum atomic E-state index is 11.7. The largest absolute Gasteiger partial charge is 0.465 e. The van der Waals surface area contributed by atoms with Crippen LogP contribution in [0.25, 0.3) is 10.8 Å². The highest BCUT2D eigenvalue weighted by Crippen LogP contribution is 2.26. The van der Waals surface area contributed by atoms with Crippen molar-refractivity contribution in [3.8, 4) is 0 Å². The van der Waals surface area contributed by atoms with Crippen LogP contribution in [0.4, 0.5) is 4.79 Å². The number of benzene rings is 2. The fraction of sp³-hybridized carbons (Fsp3) is 0.200. The molecule has 20 heavy (non-hydrogen) atoms. The van der Waals surface area contributed by atoms with Crippen LogP contribution in [-0.2, 0) is 4.74 Å². The third-order valence-electron chi connectivity index (χ3n) is 2.80. The van der Waals surface area contributed by atoms with Crippen LogP contribution in [0.15, 0.2) is 41.3 Å². The van der Waals surface area contributed by atoms with Crippen molar-refractivity contribution < 1.29 is 14.3 Å².